The minimum Gasteiger partial charge on any atom is -0.496 e. The molecule has 210 valence electrons. The Hall–Kier alpha value is -2.70. The predicted octanol–water partition coefficient (Wildman–Crippen LogP) is 6.15. The molecule has 3 aromatic rings. The summed E-state index contributed by atoms with van der Waals surface area (Å²) in [5.41, 5.74) is 4.92. The Labute approximate surface area is 240 Å². The van der Waals surface area contributed by atoms with Crippen LogP contribution in [0.2, 0.25) is 5.04 Å². The molecule has 0 N–H and O–H groups in total. The van der Waals surface area contributed by atoms with Crippen molar-refractivity contribution in [2.75, 3.05) is 20.8 Å². The molecule has 0 aromatic heterocycles. The van der Waals surface area contributed by atoms with Crippen molar-refractivity contribution >= 4 is 18.7 Å². The maximum absolute atomic E-state index is 7.64. The van der Waals surface area contributed by atoms with Gasteiger partial charge < -0.3 is 18.6 Å². The summed E-state index contributed by atoms with van der Waals surface area (Å²) in [5, 5.41) is 2.46. The molecule has 40 heavy (non-hydrogen) atoms. The lowest BCUT2D eigenvalue weighted by molar-refractivity contribution is -0.264. The van der Waals surface area contributed by atoms with E-state index in [-0.39, 0.29) is 23.4 Å². The molecule has 5 atom stereocenters. The second-order valence-corrected chi connectivity index (χ2v) is 17.1. The number of methoxy groups -OCH3 is 2. The second kappa shape index (κ2) is 9.99. The van der Waals surface area contributed by atoms with Crippen LogP contribution in [0.15, 0.2) is 84.4 Å². The van der Waals surface area contributed by atoms with E-state index in [2.05, 4.69) is 113 Å². The van der Waals surface area contributed by atoms with Crippen molar-refractivity contribution in [1.29, 1.82) is 0 Å². The van der Waals surface area contributed by atoms with Crippen LogP contribution >= 0.6 is 0 Å². The molecule has 7 rings (SSSR count). The van der Waals surface area contributed by atoms with Gasteiger partial charge in [-0.3, -0.25) is 0 Å². The Morgan fingerprint density at radius 3 is 2.08 bits per heavy atom. The van der Waals surface area contributed by atoms with Crippen LogP contribution in [0.5, 0.6) is 5.75 Å². The molecule has 1 fully saturated rings. The number of ether oxygens (including phenoxy) is 3. The van der Waals surface area contributed by atoms with E-state index in [0.29, 0.717) is 12.5 Å². The largest absolute Gasteiger partial charge is 0.496 e. The van der Waals surface area contributed by atoms with E-state index in [4.69, 9.17) is 18.6 Å². The van der Waals surface area contributed by atoms with Crippen LogP contribution in [0.25, 0.3) is 0 Å². The summed E-state index contributed by atoms with van der Waals surface area (Å²) in [7, 11) is 0.774. The average molecular weight is 555 g/mol. The van der Waals surface area contributed by atoms with Crippen LogP contribution in [0, 0.1) is 18.3 Å². The summed E-state index contributed by atoms with van der Waals surface area (Å²) in [6.45, 7) is 12.0. The van der Waals surface area contributed by atoms with Gasteiger partial charge in [0.2, 0.25) is 0 Å². The van der Waals surface area contributed by atoms with Gasteiger partial charge in [0, 0.05) is 25.6 Å². The van der Waals surface area contributed by atoms with Crippen molar-refractivity contribution < 1.29 is 18.6 Å². The topological polar surface area (TPSA) is 36.9 Å². The normalized spacial score (nSPS) is 27.2. The van der Waals surface area contributed by atoms with Crippen molar-refractivity contribution in [2.45, 2.75) is 64.4 Å². The van der Waals surface area contributed by atoms with Crippen LogP contribution in [-0.4, -0.2) is 41.5 Å². The van der Waals surface area contributed by atoms with E-state index in [1.54, 1.807) is 14.2 Å². The molecule has 1 saturated heterocycles. The van der Waals surface area contributed by atoms with Gasteiger partial charge in [0.25, 0.3) is 8.32 Å². The number of rotatable bonds is 7. The lowest BCUT2D eigenvalue weighted by atomic mass is 9.58. The summed E-state index contributed by atoms with van der Waals surface area (Å²) in [5.74, 6) is 1.55. The van der Waals surface area contributed by atoms with Gasteiger partial charge in [0.05, 0.1) is 18.6 Å². The molecule has 1 unspecified atom stereocenters. The average Bonchev–Trinajstić information content (AvgIpc) is 3.37. The third-order valence-corrected chi connectivity index (χ3v) is 15.0. The number of fused-ring (bicyclic) bond motifs is 2. The minimum atomic E-state index is -2.77. The smallest absolute Gasteiger partial charge is 0.261 e. The van der Waals surface area contributed by atoms with E-state index in [0.717, 1.165) is 12.2 Å². The molecule has 5 heteroatoms. The first-order chi connectivity index (χ1) is 19.2. The fourth-order valence-corrected chi connectivity index (χ4v) is 12.7. The summed E-state index contributed by atoms with van der Waals surface area (Å²) < 4.78 is 26.3. The second-order valence-electron chi connectivity index (χ2n) is 12.8. The summed E-state index contributed by atoms with van der Waals surface area (Å²) in [6, 6.07) is 26.2. The first-order valence-electron chi connectivity index (χ1n) is 14.5. The van der Waals surface area contributed by atoms with Gasteiger partial charge >= 0.3 is 0 Å². The fraction of sp³-hybridized carbons (Fsp3) is 0.429. The van der Waals surface area contributed by atoms with Gasteiger partial charge in [-0.1, -0.05) is 99.2 Å². The Balaban J connectivity index is 1.52. The highest BCUT2D eigenvalue weighted by atomic mass is 28.4. The highest BCUT2D eigenvalue weighted by molar-refractivity contribution is 6.99. The maximum Gasteiger partial charge on any atom is 0.261 e. The Morgan fingerprint density at radius 2 is 1.52 bits per heavy atom. The molecule has 0 amide bonds. The van der Waals surface area contributed by atoms with Crippen molar-refractivity contribution in [3.05, 3.63) is 101 Å². The molecule has 2 aliphatic carbocycles. The van der Waals surface area contributed by atoms with Crippen LogP contribution < -0.4 is 15.1 Å². The first kappa shape index (κ1) is 27.5. The quantitative estimate of drug-likeness (QED) is 0.259. The van der Waals surface area contributed by atoms with E-state index < -0.39 is 13.7 Å². The lowest BCUT2D eigenvalue weighted by Gasteiger charge is -2.58. The van der Waals surface area contributed by atoms with Gasteiger partial charge in [-0.15, -0.1) is 0 Å². The summed E-state index contributed by atoms with van der Waals surface area (Å²) in [4.78, 5) is 0. The van der Waals surface area contributed by atoms with Crippen molar-refractivity contribution in [3.8, 4) is 5.75 Å². The van der Waals surface area contributed by atoms with Gasteiger partial charge in [-0.05, 0) is 58.4 Å². The lowest BCUT2D eigenvalue weighted by Crippen LogP contribution is -2.69. The highest BCUT2D eigenvalue weighted by Gasteiger charge is 2.64. The zero-order valence-corrected chi connectivity index (χ0v) is 25.9. The maximum atomic E-state index is 7.64. The van der Waals surface area contributed by atoms with E-state index >= 15 is 0 Å². The third kappa shape index (κ3) is 3.82. The van der Waals surface area contributed by atoms with Crippen LogP contribution in [0.3, 0.4) is 0 Å². The number of benzene rings is 3. The molecule has 3 aromatic carbocycles. The standard InChI is InChI=1S/C35H42O4Si/c1-23-20-31-29-21-28-24(2)30(36-6)19-18-27(28)32(29)35(23,33(37-7)39-31)22-38-40(34(3,4)5,25-14-10-8-11-15-25)26-16-12-9-13-17-26/h8-20,29,31-33H,21-22H2,1-7H3/t29-,31+,32-,33?,35-/m1/s1. The van der Waals surface area contributed by atoms with Gasteiger partial charge in [-0.2, -0.15) is 0 Å². The van der Waals surface area contributed by atoms with Crippen LogP contribution in [-0.2, 0) is 20.3 Å². The molecule has 0 radical (unpaired) electrons. The zero-order valence-electron chi connectivity index (χ0n) is 24.9. The van der Waals surface area contributed by atoms with Crippen molar-refractivity contribution in [1.82, 2.24) is 0 Å². The van der Waals surface area contributed by atoms with Gasteiger partial charge in [0.15, 0.2) is 6.29 Å². The Kier molecular flexibility index (Phi) is 6.86. The summed E-state index contributed by atoms with van der Waals surface area (Å²) in [6.07, 6.45) is 2.98. The van der Waals surface area contributed by atoms with E-state index in [1.807, 2.05) is 0 Å². The van der Waals surface area contributed by atoms with Crippen LogP contribution in [0.1, 0.15) is 50.3 Å². The molecular weight excluding hydrogens is 512 g/mol. The molecule has 2 heterocycles. The molecule has 2 bridgehead atoms. The van der Waals surface area contributed by atoms with Gasteiger partial charge in [-0.25, -0.2) is 0 Å². The SMILES string of the molecule is COc1ccc2c(c1C)C[C@@H]1[C@@H]3C=C(C)[C@@](CO[Si](c4ccccc4)(c4ccccc4)C(C)(C)C)(C(OC)O3)[C@H]21. The number of hydrogen-bond acceptors (Lipinski definition) is 4. The van der Waals surface area contributed by atoms with Crippen LogP contribution in [0.4, 0.5) is 0 Å². The first-order valence-corrected chi connectivity index (χ1v) is 16.4. The molecule has 0 saturated carbocycles. The third-order valence-electron chi connectivity index (χ3n) is 9.99. The van der Waals surface area contributed by atoms with Crippen molar-refractivity contribution in [2.24, 2.45) is 11.3 Å². The molecular formula is C35H42O4Si. The predicted molar refractivity (Wildman–Crippen MR) is 163 cm³/mol. The van der Waals surface area contributed by atoms with Crippen molar-refractivity contribution in [3.63, 3.8) is 0 Å². The highest BCUT2D eigenvalue weighted by Crippen LogP contribution is 2.63. The molecule has 0 spiro atoms. The monoisotopic (exact) mass is 554 g/mol. The molecule has 4 nitrogen and oxygen atoms in total. The van der Waals surface area contributed by atoms with Gasteiger partial charge in [0.1, 0.15) is 5.75 Å². The van der Waals surface area contributed by atoms with E-state index in [1.165, 1.54) is 32.6 Å². The summed E-state index contributed by atoms with van der Waals surface area (Å²) >= 11 is 0. The molecule has 2 aliphatic heterocycles. The minimum absolute atomic E-state index is 0.0301. The zero-order chi connectivity index (χ0) is 28.3. The number of hydrogen-bond donors (Lipinski definition) is 0. The van der Waals surface area contributed by atoms with E-state index in [9.17, 15) is 0 Å². The Morgan fingerprint density at radius 1 is 0.900 bits per heavy atom. The Bertz CT molecular complexity index is 1370. The molecule has 4 aliphatic rings. The fourth-order valence-electron chi connectivity index (χ4n) is 8.12.